The van der Waals surface area contributed by atoms with E-state index >= 15 is 0 Å². The van der Waals surface area contributed by atoms with Crippen LogP contribution < -0.4 is 5.32 Å². The summed E-state index contributed by atoms with van der Waals surface area (Å²) < 4.78 is 0. The summed E-state index contributed by atoms with van der Waals surface area (Å²) in [5, 5.41) is 3.73. The van der Waals surface area contributed by atoms with Crippen LogP contribution in [0.4, 0.5) is 0 Å². The summed E-state index contributed by atoms with van der Waals surface area (Å²) in [5.74, 6) is 0. The van der Waals surface area contributed by atoms with Gasteiger partial charge in [0, 0.05) is 31.2 Å². The van der Waals surface area contributed by atoms with Crippen LogP contribution in [0, 0.1) is 0 Å². The third kappa shape index (κ3) is 4.23. The summed E-state index contributed by atoms with van der Waals surface area (Å²) >= 11 is 0. The minimum absolute atomic E-state index is 0.366. The maximum atomic E-state index is 3.73. The molecule has 0 aromatic rings. The zero-order valence-electron chi connectivity index (χ0n) is 12.4. The van der Waals surface area contributed by atoms with Gasteiger partial charge in [0.1, 0.15) is 0 Å². The average molecular weight is 241 g/mol. The normalized spacial score (nSPS) is 22.9. The van der Waals surface area contributed by atoms with Crippen LogP contribution in [0.25, 0.3) is 0 Å². The molecule has 3 heteroatoms. The molecule has 0 aromatic carbocycles. The molecule has 1 fully saturated rings. The smallest absolute Gasteiger partial charge is 0.0304 e. The molecule has 0 aliphatic carbocycles. The van der Waals surface area contributed by atoms with E-state index in [0.29, 0.717) is 11.6 Å². The minimum Gasteiger partial charge on any atom is -0.309 e. The molecule has 0 spiro atoms. The zero-order chi connectivity index (χ0) is 12.9. The first kappa shape index (κ1) is 14.9. The van der Waals surface area contributed by atoms with Crippen LogP contribution in [-0.4, -0.2) is 61.7 Å². The predicted molar refractivity (Wildman–Crippen MR) is 75.5 cm³/mol. The monoisotopic (exact) mass is 241 g/mol. The van der Waals surface area contributed by atoms with Crippen molar-refractivity contribution in [2.24, 2.45) is 0 Å². The molecule has 1 atom stereocenters. The molecule has 0 saturated carbocycles. The summed E-state index contributed by atoms with van der Waals surface area (Å²) in [5.41, 5.74) is 0.366. The molecule has 102 valence electrons. The van der Waals surface area contributed by atoms with Crippen LogP contribution in [0.2, 0.25) is 0 Å². The zero-order valence-corrected chi connectivity index (χ0v) is 12.4. The van der Waals surface area contributed by atoms with Gasteiger partial charge in [-0.2, -0.15) is 0 Å². The lowest BCUT2D eigenvalue weighted by Gasteiger charge is -2.45. The second-order valence-electron chi connectivity index (χ2n) is 5.83. The van der Waals surface area contributed by atoms with E-state index in [1.54, 1.807) is 0 Å². The van der Waals surface area contributed by atoms with E-state index in [0.717, 1.165) is 6.54 Å². The summed E-state index contributed by atoms with van der Waals surface area (Å²) in [7, 11) is 4.32. The molecule has 1 aliphatic heterocycles. The highest BCUT2D eigenvalue weighted by atomic mass is 15.2. The molecule has 1 saturated heterocycles. The molecule has 0 amide bonds. The van der Waals surface area contributed by atoms with E-state index in [2.05, 4.69) is 50.0 Å². The molecule has 1 rings (SSSR count). The first-order valence-corrected chi connectivity index (χ1v) is 7.17. The van der Waals surface area contributed by atoms with E-state index in [4.69, 9.17) is 0 Å². The van der Waals surface area contributed by atoms with Gasteiger partial charge in [0.2, 0.25) is 0 Å². The lowest BCUT2D eigenvalue weighted by molar-refractivity contribution is 0.0854. The second-order valence-corrected chi connectivity index (χ2v) is 5.83. The maximum Gasteiger partial charge on any atom is 0.0304 e. The fourth-order valence-electron chi connectivity index (χ4n) is 2.72. The third-order valence-corrected chi connectivity index (χ3v) is 4.38. The van der Waals surface area contributed by atoms with Gasteiger partial charge in [-0.15, -0.1) is 0 Å². The highest BCUT2D eigenvalue weighted by molar-refractivity contribution is 4.94. The first-order chi connectivity index (χ1) is 8.03. The lowest BCUT2D eigenvalue weighted by Crippen LogP contribution is -2.61. The number of hydrogen-bond acceptors (Lipinski definition) is 3. The Hall–Kier alpha value is -0.120. The van der Waals surface area contributed by atoms with Crippen LogP contribution in [0.5, 0.6) is 0 Å². The molecular weight excluding hydrogens is 210 g/mol. The van der Waals surface area contributed by atoms with Crippen molar-refractivity contribution in [2.45, 2.75) is 51.6 Å². The van der Waals surface area contributed by atoms with Gasteiger partial charge in [-0.3, -0.25) is 4.90 Å². The van der Waals surface area contributed by atoms with Gasteiger partial charge in [0.15, 0.2) is 0 Å². The summed E-state index contributed by atoms with van der Waals surface area (Å²) in [6.07, 6.45) is 3.75. The van der Waals surface area contributed by atoms with E-state index in [-0.39, 0.29) is 0 Å². The van der Waals surface area contributed by atoms with Gasteiger partial charge in [-0.1, -0.05) is 13.8 Å². The Morgan fingerprint density at radius 2 is 1.94 bits per heavy atom. The van der Waals surface area contributed by atoms with Crippen molar-refractivity contribution >= 4 is 0 Å². The predicted octanol–water partition coefficient (Wildman–Crippen LogP) is 1.79. The molecule has 1 N–H and O–H groups in total. The highest BCUT2D eigenvalue weighted by Crippen LogP contribution is 2.22. The van der Waals surface area contributed by atoms with Gasteiger partial charge < -0.3 is 10.2 Å². The number of nitrogens with zero attached hydrogens (tertiary/aromatic N) is 2. The number of piperazine rings is 1. The minimum atomic E-state index is 0.366. The molecule has 1 aliphatic rings. The average Bonchev–Trinajstić information content (AvgIpc) is 2.35. The third-order valence-electron chi connectivity index (χ3n) is 4.38. The van der Waals surface area contributed by atoms with Crippen molar-refractivity contribution in [3.05, 3.63) is 0 Å². The standard InChI is InChI=1S/C14H31N3/c1-6-14(7-2)12-17(11-9-15-14)13(3)8-10-16(4)5/h13,15H,6-12H2,1-5H3. The van der Waals surface area contributed by atoms with Gasteiger partial charge in [-0.25, -0.2) is 0 Å². The molecule has 1 heterocycles. The Labute approximate surface area is 108 Å². The first-order valence-electron chi connectivity index (χ1n) is 7.17. The van der Waals surface area contributed by atoms with E-state index in [1.807, 2.05) is 0 Å². The molecule has 1 unspecified atom stereocenters. The van der Waals surface area contributed by atoms with Gasteiger partial charge in [-0.05, 0) is 46.8 Å². The molecule has 0 aromatic heterocycles. The molecule has 0 bridgehead atoms. The van der Waals surface area contributed by atoms with Crippen molar-refractivity contribution in [2.75, 3.05) is 40.3 Å². The number of nitrogens with one attached hydrogen (secondary N) is 1. The van der Waals surface area contributed by atoms with Crippen LogP contribution in [-0.2, 0) is 0 Å². The fraction of sp³-hybridized carbons (Fsp3) is 1.00. The Morgan fingerprint density at radius 3 is 2.47 bits per heavy atom. The number of hydrogen-bond donors (Lipinski definition) is 1. The Kier molecular flexibility index (Phi) is 5.90. The van der Waals surface area contributed by atoms with Gasteiger partial charge in [0.05, 0.1) is 0 Å². The van der Waals surface area contributed by atoms with E-state index in [1.165, 1.54) is 38.9 Å². The second kappa shape index (κ2) is 6.72. The van der Waals surface area contributed by atoms with Crippen molar-refractivity contribution in [3.8, 4) is 0 Å². The van der Waals surface area contributed by atoms with Crippen molar-refractivity contribution in [1.82, 2.24) is 15.1 Å². The topological polar surface area (TPSA) is 18.5 Å². The molecular formula is C14H31N3. The quantitative estimate of drug-likeness (QED) is 0.765. The summed E-state index contributed by atoms with van der Waals surface area (Å²) in [6, 6.07) is 0.706. The largest absolute Gasteiger partial charge is 0.309 e. The lowest BCUT2D eigenvalue weighted by atomic mass is 9.89. The van der Waals surface area contributed by atoms with Crippen molar-refractivity contribution in [3.63, 3.8) is 0 Å². The number of rotatable bonds is 6. The van der Waals surface area contributed by atoms with Gasteiger partial charge in [0.25, 0.3) is 0 Å². The fourth-order valence-corrected chi connectivity index (χ4v) is 2.72. The van der Waals surface area contributed by atoms with Crippen LogP contribution >= 0.6 is 0 Å². The van der Waals surface area contributed by atoms with Gasteiger partial charge >= 0.3 is 0 Å². The van der Waals surface area contributed by atoms with Crippen molar-refractivity contribution < 1.29 is 0 Å². The van der Waals surface area contributed by atoms with Crippen LogP contribution in [0.1, 0.15) is 40.0 Å². The molecule has 0 radical (unpaired) electrons. The summed E-state index contributed by atoms with van der Waals surface area (Å²) in [4.78, 5) is 4.96. The SMILES string of the molecule is CCC1(CC)CN(C(C)CCN(C)C)CCN1. The molecule has 17 heavy (non-hydrogen) atoms. The Morgan fingerprint density at radius 1 is 1.29 bits per heavy atom. The van der Waals surface area contributed by atoms with E-state index < -0.39 is 0 Å². The Balaban J connectivity index is 2.48. The summed E-state index contributed by atoms with van der Waals surface area (Å²) in [6.45, 7) is 11.8. The maximum absolute atomic E-state index is 3.73. The van der Waals surface area contributed by atoms with Crippen LogP contribution in [0.15, 0.2) is 0 Å². The molecule has 3 nitrogen and oxygen atoms in total. The van der Waals surface area contributed by atoms with E-state index in [9.17, 15) is 0 Å². The highest BCUT2D eigenvalue weighted by Gasteiger charge is 2.33. The van der Waals surface area contributed by atoms with Crippen molar-refractivity contribution in [1.29, 1.82) is 0 Å². The Bertz CT molecular complexity index is 212. The van der Waals surface area contributed by atoms with Crippen LogP contribution in [0.3, 0.4) is 0 Å².